The van der Waals surface area contributed by atoms with Crippen molar-refractivity contribution in [1.82, 2.24) is 5.32 Å². The highest BCUT2D eigenvalue weighted by molar-refractivity contribution is 6.35. The Labute approximate surface area is 136 Å². The van der Waals surface area contributed by atoms with Gasteiger partial charge in [0.1, 0.15) is 0 Å². The summed E-state index contributed by atoms with van der Waals surface area (Å²) in [7, 11) is 0. The minimum atomic E-state index is -0.273. The maximum Gasteiger partial charge on any atom is 0.251 e. The predicted molar refractivity (Wildman–Crippen MR) is 84.1 cm³/mol. The van der Waals surface area contributed by atoms with Crippen LogP contribution in [0.4, 0.5) is 0 Å². The van der Waals surface area contributed by atoms with Gasteiger partial charge in [-0.1, -0.05) is 46.4 Å². The predicted octanol–water partition coefficient (Wildman–Crippen LogP) is 5.23. The number of carbonyl (C=O) groups excluding carboxylic acids is 1. The molecule has 0 aromatic heterocycles. The molecule has 104 valence electrons. The van der Waals surface area contributed by atoms with Gasteiger partial charge in [-0.05, 0) is 42.0 Å². The fraction of sp³-hybridized carbons (Fsp3) is 0.0714. The van der Waals surface area contributed by atoms with E-state index in [1.165, 1.54) is 0 Å². The van der Waals surface area contributed by atoms with Crippen molar-refractivity contribution in [3.05, 3.63) is 67.6 Å². The van der Waals surface area contributed by atoms with Gasteiger partial charge in [0.15, 0.2) is 0 Å². The van der Waals surface area contributed by atoms with Crippen molar-refractivity contribution in [3.63, 3.8) is 0 Å². The smallest absolute Gasteiger partial charge is 0.251 e. The zero-order chi connectivity index (χ0) is 14.7. The summed E-state index contributed by atoms with van der Waals surface area (Å²) in [5, 5.41) is 4.61. The first-order valence-corrected chi connectivity index (χ1v) is 7.14. The molecule has 0 spiro atoms. The molecule has 1 N–H and O–H groups in total. The third-order valence-corrected chi connectivity index (χ3v) is 3.37. The van der Waals surface area contributed by atoms with Crippen LogP contribution in [0.3, 0.4) is 0 Å². The van der Waals surface area contributed by atoms with Crippen LogP contribution in [0.1, 0.15) is 15.9 Å². The first-order valence-electron chi connectivity index (χ1n) is 5.63. The van der Waals surface area contributed by atoms with Crippen LogP contribution in [0.15, 0.2) is 36.4 Å². The maximum atomic E-state index is 12.0. The summed E-state index contributed by atoms with van der Waals surface area (Å²) >= 11 is 23.5. The normalized spacial score (nSPS) is 10.4. The van der Waals surface area contributed by atoms with Gasteiger partial charge in [0.05, 0.1) is 0 Å². The van der Waals surface area contributed by atoms with Crippen LogP contribution in [0.25, 0.3) is 0 Å². The molecule has 0 aliphatic rings. The van der Waals surface area contributed by atoms with E-state index in [9.17, 15) is 4.79 Å². The number of benzene rings is 2. The van der Waals surface area contributed by atoms with Crippen molar-refractivity contribution in [2.24, 2.45) is 0 Å². The molecule has 0 fully saturated rings. The zero-order valence-electron chi connectivity index (χ0n) is 10.1. The van der Waals surface area contributed by atoms with Gasteiger partial charge in [-0.2, -0.15) is 0 Å². The third kappa shape index (κ3) is 4.29. The van der Waals surface area contributed by atoms with E-state index in [0.29, 0.717) is 32.2 Å². The lowest BCUT2D eigenvalue weighted by Gasteiger charge is -2.07. The van der Waals surface area contributed by atoms with E-state index in [1.54, 1.807) is 36.4 Å². The minimum absolute atomic E-state index is 0.273. The highest BCUT2D eigenvalue weighted by Crippen LogP contribution is 2.20. The summed E-state index contributed by atoms with van der Waals surface area (Å²) in [6, 6.07) is 9.76. The van der Waals surface area contributed by atoms with E-state index < -0.39 is 0 Å². The Morgan fingerprint density at radius 3 is 1.75 bits per heavy atom. The van der Waals surface area contributed by atoms with Crippen LogP contribution in [-0.2, 0) is 6.54 Å². The Hall–Kier alpha value is -0.930. The largest absolute Gasteiger partial charge is 0.348 e. The Bertz CT molecular complexity index is 617. The number of hydrogen-bond acceptors (Lipinski definition) is 1. The van der Waals surface area contributed by atoms with E-state index in [0.717, 1.165) is 5.56 Å². The van der Waals surface area contributed by atoms with Crippen molar-refractivity contribution in [2.75, 3.05) is 0 Å². The zero-order valence-corrected chi connectivity index (χ0v) is 13.1. The monoisotopic (exact) mass is 347 g/mol. The van der Waals surface area contributed by atoms with E-state index >= 15 is 0 Å². The van der Waals surface area contributed by atoms with E-state index in [-0.39, 0.29) is 5.91 Å². The summed E-state index contributed by atoms with van der Waals surface area (Å²) < 4.78 is 0. The van der Waals surface area contributed by atoms with Crippen molar-refractivity contribution in [2.45, 2.75) is 6.54 Å². The van der Waals surface area contributed by atoms with Gasteiger partial charge in [-0.3, -0.25) is 4.79 Å². The molecule has 0 heterocycles. The summed E-state index contributed by atoms with van der Waals surface area (Å²) in [4.78, 5) is 12.0. The molecule has 20 heavy (non-hydrogen) atoms. The fourth-order valence-corrected chi connectivity index (χ4v) is 2.78. The molecule has 6 heteroatoms. The first kappa shape index (κ1) is 15.5. The molecule has 0 unspecified atom stereocenters. The van der Waals surface area contributed by atoms with Gasteiger partial charge in [0.2, 0.25) is 0 Å². The second-order valence-corrected chi connectivity index (χ2v) is 5.86. The Morgan fingerprint density at radius 2 is 1.25 bits per heavy atom. The molecule has 2 nitrogen and oxygen atoms in total. The molecule has 2 aromatic rings. The molecule has 2 rings (SSSR count). The minimum Gasteiger partial charge on any atom is -0.348 e. The van der Waals surface area contributed by atoms with Crippen LogP contribution in [0.2, 0.25) is 20.1 Å². The number of hydrogen-bond donors (Lipinski definition) is 1. The lowest BCUT2D eigenvalue weighted by atomic mass is 10.2. The van der Waals surface area contributed by atoms with Crippen LogP contribution in [0.5, 0.6) is 0 Å². The number of halogens is 4. The quantitative estimate of drug-likeness (QED) is 0.808. The molecule has 0 bridgehead atoms. The molecule has 1 amide bonds. The molecule has 0 atom stereocenters. The van der Waals surface area contributed by atoms with Crippen molar-refractivity contribution in [1.29, 1.82) is 0 Å². The van der Waals surface area contributed by atoms with E-state index in [1.807, 2.05) is 0 Å². The van der Waals surface area contributed by atoms with Crippen LogP contribution in [0, 0.1) is 0 Å². The average Bonchev–Trinajstić information content (AvgIpc) is 2.33. The number of nitrogens with one attached hydrogen (secondary N) is 1. The SMILES string of the molecule is O=C(NCc1cc(Cl)cc(Cl)c1)c1cc(Cl)cc(Cl)c1. The molecule has 0 radical (unpaired) electrons. The van der Waals surface area contributed by atoms with Gasteiger partial charge in [0.25, 0.3) is 5.91 Å². The highest BCUT2D eigenvalue weighted by Gasteiger charge is 2.08. The average molecular weight is 349 g/mol. The molecular formula is C14H9Cl4NO. The standard InChI is InChI=1S/C14H9Cl4NO/c15-10-1-8(2-11(16)5-10)7-19-14(20)9-3-12(17)6-13(18)4-9/h1-6H,7H2,(H,19,20). The topological polar surface area (TPSA) is 29.1 Å². The van der Waals surface area contributed by atoms with Crippen molar-refractivity contribution < 1.29 is 4.79 Å². The second kappa shape index (κ2) is 6.68. The molecule has 0 aliphatic carbocycles. The van der Waals surface area contributed by atoms with Gasteiger partial charge in [-0.25, -0.2) is 0 Å². The van der Waals surface area contributed by atoms with Crippen LogP contribution < -0.4 is 5.32 Å². The third-order valence-electron chi connectivity index (χ3n) is 2.50. The van der Waals surface area contributed by atoms with Gasteiger partial charge >= 0.3 is 0 Å². The number of carbonyl (C=O) groups is 1. The second-order valence-electron chi connectivity index (χ2n) is 4.12. The van der Waals surface area contributed by atoms with Crippen molar-refractivity contribution >= 4 is 52.3 Å². The highest BCUT2D eigenvalue weighted by atomic mass is 35.5. The Morgan fingerprint density at radius 1 is 0.800 bits per heavy atom. The Kier molecular flexibility index (Phi) is 5.17. The lowest BCUT2D eigenvalue weighted by Crippen LogP contribution is -2.22. The van der Waals surface area contributed by atoms with Crippen LogP contribution in [-0.4, -0.2) is 5.91 Å². The van der Waals surface area contributed by atoms with Gasteiger partial charge < -0.3 is 5.32 Å². The number of amides is 1. The molecule has 0 aliphatic heterocycles. The summed E-state index contributed by atoms with van der Waals surface area (Å²) in [5.74, 6) is -0.273. The lowest BCUT2D eigenvalue weighted by molar-refractivity contribution is 0.0951. The summed E-state index contributed by atoms with van der Waals surface area (Å²) in [6.45, 7) is 0.309. The van der Waals surface area contributed by atoms with Crippen LogP contribution >= 0.6 is 46.4 Å². The molecule has 2 aromatic carbocycles. The Balaban J connectivity index is 2.08. The van der Waals surface area contributed by atoms with Gasteiger partial charge in [0, 0.05) is 32.2 Å². The number of rotatable bonds is 3. The molecule has 0 saturated carbocycles. The first-order chi connectivity index (χ1) is 9.44. The van der Waals surface area contributed by atoms with Gasteiger partial charge in [-0.15, -0.1) is 0 Å². The maximum absolute atomic E-state index is 12.0. The molecular weight excluding hydrogens is 340 g/mol. The molecule has 0 saturated heterocycles. The fourth-order valence-electron chi connectivity index (χ4n) is 1.68. The van der Waals surface area contributed by atoms with E-state index in [2.05, 4.69) is 5.32 Å². The van der Waals surface area contributed by atoms with E-state index in [4.69, 9.17) is 46.4 Å². The summed E-state index contributed by atoms with van der Waals surface area (Å²) in [6.07, 6.45) is 0. The summed E-state index contributed by atoms with van der Waals surface area (Å²) in [5.41, 5.74) is 1.21. The van der Waals surface area contributed by atoms with Crippen molar-refractivity contribution in [3.8, 4) is 0 Å².